The Morgan fingerprint density at radius 2 is 1.90 bits per heavy atom. The quantitative estimate of drug-likeness (QED) is 0.738. The van der Waals surface area contributed by atoms with Crippen molar-refractivity contribution in [3.8, 4) is 5.75 Å². The summed E-state index contributed by atoms with van der Waals surface area (Å²) in [5.41, 5.74) is 3.27. The largest absolute Gasteiger partial charge is 0.486 e. The van der Waals surface area contributed by atoms with Crippen LogP contribution < -0.4 is 4.74 Å². The molecule has 0 spiro atoms. The van der Waals surface area contributed by atoms with E-state index in [0.717, 1.165) is 34.2 Å². The molecule has 1 heterocycles. The van der Waals surface area contributed by atoms with E-state index in [1.54, 1.807) is 6.92 Å². The Kier molecular flexibility index (Phi) is 5.12. The molecular weight excluding hydrogens is 282 g/mol. The molecule has 0 amide bonds. The topological polar surface area (TPSA) is 39.2 Å². The molecule has 0 aliphatic heterocycles. The van der Waals surface area contributed by atoms with Crippen molar-refractivity contribution >= 4 is 17.1 Å². The number of ketones is 1. The molecule has 112 valence electrons. The van der Waals surface area contributed by atoms with Crippen LogP contribution in [-0.2, 0) is 13.0 Å². The van der Waals surface area contributed by atoms with E-state index in [4.69, 9.17) is 4.74 Å². The van der Waals surface area contributed by atoms with Crippen LogP contribution in [0.5, 0.6) is 5.75 Å². The van der Waals surface area contributed by atoms with Crippen LogP contribution in [0.3, 0.4) is 0 Å². The predicted molar refractivity (Wildman–Crippen MR) is 86.4 cm³/mol. The Balaban J connectivity index is 2.12. The Hall–Kier alpha value is -1.68. The number of carbonyl (C=O) groups excluding carboxylic acids is 1. The number of carbonyl (C=O) groups is 1. The van der Waals surface area contributed by atoms with Gasteiger partial charge in [-0.05, 0) is 43.5 Å². The first-order valence-electron chi connectivity index (χ1n) is 7.20. The third kappa shape index (κ3) is 4.14. The second-order valence-corrected chi connectivity index (χ2v) is 6.39. The lowest BCUT2D eigenvalue weighted by molar-refractivity contribution is 0.102. The van der Waals surface area contributed by atoms with Gasteiger partial charge in [-0.25, -0.2) is 4.98 Å². The number of benzene rings is 1. The molecular formula is C17H21NO2S. The maximum Gasteiger partial charge on any atom is 0.171 e. The fourth-order valence-electron chi connectivity index (χ4n) is 2.31. The molecule has 0 unspecified atom stereocenters. The van der Waals surface area contributed by atoms with Crippen LogP contribution in [0, 0.1) is 13.8 Å². The number of aromatic nitrogens is 1. The van der Waals surface area contributed by atoms with E-state index in [9.17, 15) is 4.79 Å². The van der Waals surface area contributed by atoms with E-state index < -0.39 is 0 Å². The summed E-state index contributed by atoms with van der Waals surface area (Å²) < 4.78 is 5.82. The standard InChI is InChI=1S/C17H21NO2S/c1-5-6-15-17(13(4)19)21-16(18-15)10-20-14-8-11(2)7-12(3)9-14/h7-9H,5-6,10H2,1-4H3. The summed E-state index contributed by atoms with van der Waals surface area (Å²) in [5, 5.41) is 0.864. The highest BCUT2D eigenvalue weighted by Gasteiger charge is 2.14. The molecule has 1 aromatic heterocycles. The van der Waals surface area contributed by atoms with Crippen molar-refractivity contribution < 1.29 is 9.53 Å². The van der Waals surface area contributed by atoms with Gasteiger partial charge in [0, 0.05) is 6.92 Å². The first-order chi connectivity index (χ1) is 9.99. The SMILES string of the molecule is CCCc1nc(COc2cc(C)cc(C)c2)sc1C(C)=O. The highest BCUT2D eigenvalue weighted by molar-refractivity contribution is 7.13. The van der Waals surface area contributed by atoms with Gasteiger partial charge < -0.3 is 4.74 Å². The molecule has 21 heavy (non-hydrogen) atoms. The van der Waals surface area contributed by atoms with Crippen molar-refractivity contribution in [2.75, 3.05) is 0 Å². The molecule has 0 saturated heterocycles. The highest BCUT2D eigenvalue weighted by atomic mass is 32.1. The first kappa shape index (κ1) is 15.7. The fourth-order valence-corrected chi connectivity index (χ4v) is 3.22. The van der Waals surface area contributed by atoms with E-state index in [2.05, 4.69) is 31.8 Å². The molecule has 4 heteroatoms. The van der Waals surface area contributed by atoms with Crippen LogP contribution in [0.1, 0.15) is 51.8 Å². The van der Waals surface area contributed by atoms with Gasteiger partial charge in [-0.15, -0.1) is 11.3 Å². The Bertz CT molecular complexity index is 626. The van der Waals surface area contributed by atoms with Gasteiger partial charge in [0.05, 0.1) is 10.6 Å². The van der Waals surface area contributed by atoms with Gasteiger partial charge in [-0.3, -0.25) is 4.79 Å². The number of ether oxygens (including phenoxy) is 1. The summed E-state index contributed by atoms with van der Waals surface area (Å²) in [7, 11) is 0. The minimum Gasteiger partial charge on any atom is -0.486 e. The number of hydrogen-bond donors (Lipinski definition) is 0. The normalized spacial score (nSPS) is 10.7. The third-order valence-electron chi connectivity index (χ3n) is 3.11. The van der Waals surface area contributed by atoms with Crippen molar-refractivity contribution in [3.05, 3.63) is 44.9 Å². The first-order valence-corrected chi connectivity index (χ1v) is 8.02. The second kappa shape index (κ2) is 6.85. The van der Waals surface area contributed by atoms with Gasteiger partial charge in [-0.1, -0.05) is 19.4 Å². The second-order valence-electron chi connectivity index (χ2n) is 5.30. The zero-order valence-electron chi connectivity index (χ0n) is 13.0. The molecule has 0 atom stereocenters. The lowest BCUT2D eigenvalue weighted by Crippen LogP contribution is -1.97. The van der Waals surface area contributed by atoms with Crippen LogP contribution in [0.15, 0.2) is 18.2 Å². The summed E-state index contributed by atoms with van der Waals surface area (Å²) in [5.74, 6) is 0.942. The van der Waals surface area contributed by atoms with E-state index >= 15 is 0 Å². The minimum atomic E-state index is 0.0913. The molecule has 0 fully saturated rings. The van der Waals surface area contributed by atoms with Crippen molar-refractivity contribution in [2.24, 2.45) is 0 Å². The lowest BCUT2D eigenvalue weighted by Gasteiger charge is -2.06. The molecule has 3 nitrogen and oxygen atoms in total. The molecule has 2 aromatic rings. The molecule has 0 saturated carbocycles. The van der Waals surface area contributed by atoms with Crippen molar-refractivity contribution in [1.29, 1.82) is 0 Å². The maximum absolute atomic E-state index is 11.6. The number of rotatable bonds is 6. The third-order valence-corrected chi connectivity index (χ3v) is 4.28. The number of nitrogens with zero attached hydrogens (tertiary/aromatic N) is 1. The smallest absolute Gasteiger partial charge is 0.171 e. The van der Waals surface area contributed by atoms with Crippen LogP contribution >= 0.6 is 11.3 Å². The molecule has 0 N–H and O–H groups in total. The Labute approximate surface area is 130 Å². The van der Waals surface area contributed by atoms with Crippen molar-refractivity contribution in [3.63, 3.8) is 0 Å². The summed E-state index contributed by atoms with van der Waals surface area (Å²) in [6.45, 7) is 8.21. The van der Waals surface area contributed by atoms with Gasteiger partial charge in [0.1, 0.15) is 17.4 Å². The van der Waals surface area contributed by atoms with Crippen molar-refractivity contribution in [2.45, 2.75) is 47.1 Å². The van der Waals surface area contributed by atoms with E-state index in [1.807, 2.05) is 12.1 Å². The van der Waals surface area contributed by atoms with E-state index in [-0.39, 0.29) is 5.78 Å². The van der Waals surface area contributed by atoms with Gasteiger partial charge in [-0.2, -0.15) is 0 Å². The summed E-state index contributed by atoms with van der Waals surface area (Å²) in [6, 6.07) is 6.14. The zero-order valence-corrected chi connectivity index (χ0v) is 13.8. The molecule has 0 aliphatic rings. The van der Waals surface area contributed by atoms with Crippen LogP contribution in [-0.4, -0.2) is 10.8 Å². The highest BCUT2D eigenvalue weighted by Crippen LogP contribution is 2.23. The minimum absolute atomic E-state index is 0.0913. The van der Waals surface area contributed by atoms with Gasteiger partial charge in [0.15, 0.2) is 5.78 Å². The Morgan fingerprint density at radius 1 is 1.24 bits per heavy atom. The Morgan fingerprint density at radius 3 is 2.48 bits per heavy atom. The molecule has 0 aliphatic carbocycles. The number of thiazole rings is 1. The average molecular weight is 303 g/mol. The summed E-state index contributed by atoms with van der Waals surface area (Å²) in [4.78, 5) is 17.0. The van der Waals surface area contributed by atoms with Crippen LogP contribution in [0.25, 0.3) is 0 Å². The predicted octanol–water partition coefficient (Wildman–Crippen LogP) is 4.49. The van der Waals surface area contributed by atoms with Crippen LogP contribution in [0.4, 0.5) is 0 Å². The van der Waals surface area contributed by atoms with Crippen molar-refractivity contribution in [1.82, 2.24) is 4.98 Å². The van der Waals surface area contributed by atoms with E-state index in [0.29, 0.717) is 6.61 Å². The number of Topliss-reactive ketones (excluding diaryl/α,β-unsaturated/α-hetero) is 1. The van der Waals surface area contributed by atoms with Gasteiger partial charge in [0.25, 0.3) is 0 Å². The average Bonchev–Trinajstić information content (AvgIpc) is 2.79. The van der Waals surface area contributed by atoms with Gasteiger partial charge >= 0.3 is 0 Å². The molecule has 2 rings (SSSR count). The lowest BCUT2D eigenvalue weighted by atomic mass is 10.1. The summed E-state index contributed by atoms with van der Waals surface area (Å²) in [6.07, 6.45) is 1.83. The number of hydrogen-bond acceptors (Lipinski definition) is 4. The maximum atomic E-state index is 11.6. The molecule has 0 radical (unpaired) electrons. The number of aryl methyl sites for hydroxylation is 3. The van der Waals surface area contributed by atoms with E-state index in [1.165, 1.54) is 22.5 Å². The van der Waals surface area contributed by atoms with Crippen LogP contribution in [0.2, 0.25) is 0 Å². The molecule has 1 aromatic carbocycles. The molecule has 0 bridgehead atoms. The van der Waals surface area contributed by atoms with Gasteiger partial charge in [0.2, 0.25) is 0 Å². The zero-order chi connectivity index (χ0) is 15.4. The summed E-state index contributed by atoms with van der Waals surface area (Å²) >= 11 is 1.45. The monoisotopic (exact) mass is 303 g/mol. The fraction of sp³-hybridized carbons (Fsp3) is 0.412.